The summed E-state index contributed by atoms with van der Waals surface area (Å²) in [5.74, 6) is -0.0908. The Bertz CT molecular complexity index is 402. The average Bonchev–Trinajstić information content (AvgIpc) is 2.34. The highest BCUT2D eigenvalue weighted by molar-refractivity contribution is 5.81. The van der Waals surface area contributed by atoms with Gasteiger partial charge in [-0.15, -0.1) is 0 Å². The van der Waals surface area contributed by atoms with Crippen LogP contribution >= 0.6 is 0 Å². The zero-order chi connectivity index (χ0) is 13.0. The fourth-order valence-corrected chi connectivity index (χ4v) is 1.94. The summed E-state index contributed by atoms with van der Waals surface area (Å²) in [5, 5.41) is 2.90. The molecule has 1 aromatic carbocycles. The van der Waals surface area contributed by atoms with Crippen molar-refractivity contribution in [2.24, 2.45) is 11.1 Å². The van der Waals surface area contributed by atoms with E-state index in [0.29, 0.717) is 26.2 Å². The molecule has 0 unspecified atom stereocenters. The second-order valence-corrected chi connectivity index (χ2v) is 5.32. The molecule has 3 N–H and O–H groups in total. The van der Waals surface area contributed by atoms with E-state index < -0.39 is 6.04 Å². The van der Waals surface area contributed by atoms with Gasteiger partial charge in [0.1, 0.15) is 0 Å². The van der Waals surface area contributed by atoms with Crippen molar-refractivity contribution in [1.29, 1.82) is 0 Å². The molecule has 1 fully saturated rings. The molecular formula is C14H20N2O2. The van der Waals surface area contributed by atoms with Gasteiger partial charge in [0.25, 0.3) is 0 Å². The number of hydrogen-bond acceptors (Lipinski definition) is 3. The van der Waals surface area contributed by atoms with Crippen LogP contribution in [0.15, 0.2) is 30.3 Å². The van der Waals surface area contributed by atoms with Crippen molar-refractivity contribution in [1.82, 2.24) is 5.32 Å². The maximum absolute atomic E-state index is 11.9. The first kappa shape index (κ1) is 13.1. The van der Waals surface area contributed by atoms with Crippen LogP contribution in [0.25, 0.3) is 0 Å². The van der Waals surface area contributed by atoms with E-state index in [4.69, 9.17) is 10.5 Å². The smallest absolute Gasteiger partial charge is 0.237 e. The summed E-state index contributed by atoms with van der Waals surface area (Å²) >= 11 is 0. The summed E-state index contributed by atoms with van der Waals surface area (Å²) < 4.78 is 5.14. The SMILES string of the molecule is CC1(CNC(=O)[C@@H](N)Cc2ccccc2)COC1. The monoisotopic (exact) mass is 248 g/mol. The van der Waals surface area contributed by atoms with Crippen LogP contribution in [-0.2, 0) is 16.0 Å². The Morgan fingerprint density at radius 2 is 2.11 bits per heavy atom. The van der Waals surface area contributed by atoms with Gasteiger partial charge in [-0.3, -0.25) is 4.79 Å². The minimum Gasteiger partial charge on any atom is -0.380 e. The summed E-state index contributed by atoms with van der Waals surface area (Å²) in [7, 11) is 0. The maximum atomic E-state index is 11.9. The lowest BCUT2D eigenvalue weighted by Crippen LogP contribution is -2.51. The second kappa shape index (κ2) is 5.50. The van der Waals surface area contributed by atoms with E-state index in [1.165, 1.54) is 0 Å². The molecule has 2 rings (SSSR count). The molecule has 0 aliphatic carbocycles. The van der Waals surface area contributed by atoms with E-state index in [1.807, 2.05) is 30.3 Å². The van der Waals surface area contributed by atoms with Crippen LogP contribution in [0.1, 0.15) is 12.5 Å². The number of ether oxygens (including phenoxy) is 1. The largest absolute Gasteiger partial charge is 0.380 e. The van der Waals surface area contributed by atoms with Crippen molar-refractivity contribution in [2.45, 2.75) is 19.4 Å². The van der Waals surface area contributed by atoms with Gasteiger partial charge in [0, 0.05) is 12.0 Å². The first-order valence-corrected chi connectivity index (χ1v) is 6.24. The zero-order valence-corrected chi connectivity index (χ0v) is 10.7. The van der Waals surface area contributed by atoms with Crippen molar-refractivity contribution >= 4 is 5.91 Å². The third-order valence-corrected chi connectivity index (χ3v) is 3.23. The number of nitrogens with two attached hydrogens (primary N) is 1. The van der Waals surface area contributed by atoms with Gasteiger partial charge >= 0.3 is 0 Å². The standard InChI is InChI=1S/C14H20N2O2/c1-14(9-18-10-14)8-16-13(17)12(15)7-11-5-3-2-4-6-11/h2-6,12H,7-10,15H2,1H3,(H,16,17)/t12-/m0/s1. The lowest BCUT2D eigenvalue weighted by Gasteiger charge is -2.38. The summed E-state index contributed by atoms with van der Waals surface area (Å²) in [4.78, 5) is 11.9. The number of nitrogens with one attached hydrogen (secondary N) is 1. The van der Waals surface area contributed by atoms with Crippen molar-refractivity contribution in [2.75, 3.05) is 19.8 Å². The molecule has 4 nitrogen and oxygen atoms in total. The van der Waals surface area contributed by atoms with Crippen molar-refractivity contribution < 1.29 is 9.53 Å². The molecule has 0 spiro atoms. The summed E-state index contributed by atoms with van der Waals surface area (Å²) in [5.41, 5.74) is 7.06. The highest BCUT2D eigenvalue weighted by Crippen LogP contribution is 2.24. The lowest BCUT2D eigenvalue weighted by atomic mass is 9.88. The van der Waals surface area contributed by atoms with Crippen molar-refractivity contribution in [3.63, 3.8) is 0 Å². The Balaban J connectivity index is 1.78. The highest BCUT2D eigenvalue weighted by Gasteiger charge is 2.33. The Morgan fingerprint density at radius 3 is 2.67 bits per heavy atom. The average molecular weight is 248 g/mol. The van der Waals surface area contributed by atoms with E-state index in [-0.39, 0.29) is 11.3 Å². The first-order valence-electron chi connectivity index (χ1n) is 6.24. The molecule has 18 heavy (non-hydrogen) atoms. The van der Waals surface area contributed by atoms with Gasteiger partial charge in [-0.05, 0) is 12.0 Å². The molecule has 0 radical (unpaired) electrons. The highest BCUT2D eigenvalue weighted by atomic mass is 16.5. The Morgan fingerprint density at radius 1 is 1.44 bits per heavy atom. The summed E-state index contributed by atoms with van der Waals surface area (Å²) in [6.07, 6.45) is 0.569. The molecule has 1 amide bonds. The minimum absolute atomic E-state index is 0.0854. The van der Waals surface area contributed by atoms with Crippen LogP contribution in [0, 0.1) is 5.41 Å². The molecule has 1 atom stereocenters. The lowest BCUT2D eigenvalue weighted by molar-refractivity contribution is -0.127. The van der Waals surface area contributed by atoms with Gasteiger partial charge in [-0.2, -0.15) is 0 Å². The van der Waals surface area contributed by atoms with E-state index in [2.05, 4.69) is 12.2 Å². The third-order valence-electron chi connectivity index (χ3n) is 3.23. The van der Waals surface area contributed by atoms with Crippen molar-refractivity contribution in [3.05, 3.63) is 35.9 Å². The molecule has 4 heteroatoms. The number of carbonyl (C=O) groups excluding carboxylic acids is 1. The van der Waals surface area contributed by atoms with Gasteiger partial charge in [0.05, 0.1) is 19.3 Å². The molecule has 98 valence electrons. The summed E-state index contributed by atoms with van der Waals surface area (Å²) in [6, 6.07) is 9.32. The van der Waals surface area contributed by atoms with Crippen LogP contribution < -0.4 is 11.1 Å². The number of hydrogen-bond donors (Lipinski definition) is 2. The zero-order valence-electron chi connectivity index (χ0n) is 10.7. The third kappa shape index (κ3) is 3.31. The van der Waals surface area contributed by atoms with E-state index in [0.717, 1.165) is 5.56 Å². The summed E-state index contributed by atoms with van der Waals surface area (Å²) in [6.45, 7) is 4.15. The molecule has 1 saturated heterocycles. The van der Waals surface area contributed by atoms with Gasteiger partial charge < -0.3 is 15.8 Å². The Kier molecular flexibility index (Phi) is 3.99. The van der Waals surface area contributed by atoms with Crippen LogP contribution in [0.2, 0.25) is 0 Å². The Hall–Kier alpha value is -1.39. The minimum atomic E-state index is -0.489. The molecule has 1 aromatic rings. The number of benzene rings is 1. The molecule has 1 aliphatic heterocycles. The predicted octanol–water partition coefficient (Wildman–Crippen LogP) is 0.709. The predicted molar refractivity (Wildman–Crippen MR) is 70.1 cm³/mol. The van der Waals surface area contributed by atoms with Gasteiger partial charge in [0.15, 0.2) is 0 Å². The topological polar surface area (TPSA) is 64.4 Å². The van der Waals surface area contributed by atoms with Crippen LogP contribution in [0.3, 0.4) is 0 Å². The van der Waals surface area contributed by atoms with Gasteiger partial charge in [0.2, 0.25) is 5.91 Å². The van der Waals surface area contributed by atoms with E-state index in [1.54, 1.807) is 0 Å². The molecular weight excluding hydrogens is 228 g/mol. The Labute approximate surface area is 108 Å². The fourth-order valence-electron chi connectivity index (χ4n) is 1.94. The van der Waals surface area contributed by atoms with Crippen LogP contribution in [0.4, 0.5) is 0 Å². The van der Waals surface area contributed by atoms with Crippen molar-refractivity contribution in [3.8, 4) is 0 Å². The molecule has 0 aromatic heterocycles. The quantitative estimate of drug-likeness (QED) is 0.806. The first-order chi connectivity index (χ1) is 8.59. The normalized spacial score (nSPS) is 18.8. The molecule has 1 aliphatic rings. The number of carbonyl (C=O) groups is 1. The van der Waals surface area contributed by atoms with Gasteiger partial charge in [-0.1, -0.05) is 37.3 Å². The van der Waals surface area contributed by atoms with Gasteiger partial charge in [-0.25, -0.2) is 0 Å². The van der Waals surface area contributed by atoms with Crippen LogP contribution in [-0.4, -0.2) is 31.7 Å². The van der Waals surface area contributed by atoms with E-state index in [9.17, 15) is 4.79 Å². The number of rotatable bonds is 5. The van der Waals surface area contributed by atoms with Crippen LogP contribution in [0.5, 0.6) is 0 Å². The second-order valence-electron chi connectivity index (χ2n) is 5.32. The maximum Gasteiger partial charge on any atom is 0.237 e. The fraction of sp³-hybridized carbons (Fsp3) is 0.500. The molecule has 0 bridgehead atoms. The number of amides is 1. The molecule has 1 heterocycles. The van der Waals surface area contributed by atoms with E-state index >= 15 is 0 Å². The molecule has 0 saturated carbocycles.